The highest BCUT2D eigenvalue weighted by Crippen LogP contribution is 2.18. The van der Waals surface area contributed by atoms with Gasteiger partial charge in [-0.05, 0) is 30.0 Å². The lowest BCUT2D eigenvalue weighted by Gasteiger charge is -2.14. The third-order valence-electron chi connectivity index (χ3n) is 3.84. The summed E-state index contributed by atoms with van der Waals surface area (Å²) in [5.74, 6) is -1.12. The molecule has 1 aromatic carbocycles. The predicted molar refractivity (Wildman–Crippen MR) is 84.6 cm³/mol. The van der Waals surface area contributed by atoms with E-state index in [1.54, 1.807) is 12.1 Å². The number of sulfonamides is 1. The molecular formula is C15H20N2O5S. The van der Waals surface area contributed by atoms with E-state index >= 15 is 0 Å². The fourth-order valence-corrected chi connectivity index (χ4v) is 3.50. The smallest absolute Gasteiger partial charge is 0.335 e. The largest absolute Gasteiger partial charge is 0.478 e. The zero-order valence-electron chi connectivity index (χ0n) is 12.9. The van der Waals surface area contributed by atoms with Crippen molar-refractivity contribution in [1.82, 2.24) is 9.62 Å². The van der Waals surface area contributed by atoms with Crippen LogP contribution in [0.2, 0.25) is 0 Å². The summed E-state index contributed by atoms with van der Waals surface area (Å²) in [6.45, 7) is 1.33. The first kappa shape index (κ1) is 17.4. The molecule has 23 heavy (non-hydrogen) atoms. The molecule has 1 heterocycles. The number of rotatable bonds is 6. The summed E-state index contributed by atoms with van der Waals surface area (Å²) < 4.78 is 24.3. The van der Waals surface area contributed by atoms with Crippen molar-refractivity contribution in [3.8, 4) is 0 Å². The van der Waals surface area contributed by atoms with Gasteiger partial charge in [0.1, 0.15) is 0 Å². The van der Waals surface area contributed by atoms with Crippen LogP contribution < -0.4 is 5.32 Å². The minimum Gasteiger partial charge on any atom is -0.478 e. The molecule has 1 aromatic rings. The standard InChI is InChI=1S/C15H20N2O5S/c1-23(21,22)17-6-5-12(10-17)9-16-14(18)8-11-3-2-4-13(7-11)15(19)20/h2-4,7,12H,5-6,8-10H2,1H3,(H,16,18)(H,19,20)/t12-/m1/s1. The predicted octanol–water partition coefficient (Wildman–Crippen LogP) is 0.325. The molecule has 0 radical (unpaired) electrons. The van der Waals surface area contributed by atoms with Crippen LogP contribution in [0.25, 0.3) is 0 Å². The van der Waals surface area contributed by atoms with E-state index in [0.717, 1.165) is 6.42 Å². The molecule has 0 bridgehead atoms. The van der Waals surface area contributed by atoms with E-state index in [1.165, 1.54) is 22.7 Å². The fraction of sp³-hybridized carbons (Fsp3) is 0.467. The van der Waals surface area contributed by atoms with Crippen LogP contribution in [0.5, 0.6) is 0 Å². The van der Waals surface area contributed by atoms with Gasteiger partial charge in [-0.1, -0.05) is 12.1 Å². The fourth-order valence-electron chi connectivity index (χ4n) is 2.59. The topological polar surface area (TPSA) is 104 Å². The quantitative estimate of drug-likeness (QED) is 0.776. The first-order valence-corrected chi connectivity index (χ1v) is 9.14. The van der Waals surface area contributed by atoms with Crippen LogP contribution in [0.3, 0.4) is 0 Å². The molecule has 1 aliphatic heterocycles. The van der Waals surface area contributed by atoms with Gasteiger partial charge in [-0.2, -0.15) is 0 Å². The van der Waals surface area contributed by atoms with Gasteiger partial charge in [0.2, 0.25) is 15.9 Å². The molecular weight excluding hydrogens is 320 g/mol. The number of nitrogens with one attached hydrogen (secondary N) is 1. The van der Waals surface area contributed by atoms with Crippen molar-refractivity contribution < 1.29 is 23.1 Å². The SMILES string of the molecule is CS(=O)(=O)N1CC[C@H](CNC(=O)Cc2cccc(C(=O)O)c2)C1. The number of carbonyl (C=O) groups is 2. The molecule has 1 atom stereocenters. The molecule has 7 nitrogen and oxygen atoms in total. The lowest BCUT2D eigenvalue weighted by atomic mass is 10.1. The Bertz CT molecular complexity index is 702. The van der Waals surface area contributed by atoms with E-state index in [9.17, 15) is 18.0 Å². The summed E-state index contributed by atoms with van der Waals surface area (Å²) in [6.07, 6.45) is 2.01. The summed E-state index contributed by atoms with van der Waals surface area (Å²) in [6, 6.07) is 6.25. The number of amides is 1. The number of carboxylic acids is 1. The Kier molecular flexibility index (Phi) is 5.38. The Balaban J connectivity index is 1.82. The van der Waals surface area contributed by atoms with Gasteiger partial charge >= 0.3 is 5.97 Å². The molecule has 1 saturated heterocycles. The molecule has 8 heteroatoms. The third-order valence-corrected chi connectivity index (χ3v) is 5.11. The van der Waals surface area contributed by atoms with Gasteiger partial charge < -0.3 is 10.4 Å². The van der Waals surface area contributed by atoms with Crippen LogP contribution in [-0.4, -0.2) is 55.6 Å². The molecule has 1 aliphatic rings. The average molecular weight is 340 g/mol. The molecule has 0 aliphatic carbocycles. The summed E-state index contributed by atoms with van der Waals surface area (Å²) in [5, 5.41) is 11.7. The van der Waals surface area contributed by atoms with Crippen molar-refractivity contribution in [2.45, 2.75) is 12.8 Å². The Morgan fingerprint density at radius 3 is 2.74 bits per heavy atom. The van der Waals surface area contributed by atoms with Gasteiger partial charge in [0.05, 0.1) is 18.2 Å². The van der Waals surface area contributed by atoms with E-state index in [4.69, 9.17) is 5.11 Å². The molecule has 1 amide bonds. The van der Waals surface area contributed by atoms with Gasteiger partial charge in [0.15, 0.2) is 0 Å². The van der Waals surface area contributed by atoms with Crippen LogP contribution >= 0.6 is 0 Å². The maximum atomic E-state index is 11.9. The zero-order chi connectivity index (χ0) is 17.0. The molecule has 0 saturated carbocycles. The van der Waals surface area contributed by atoms with Gasteiger partial charge in [-0.25, -0.2) is 17.5 Å². The van der Waals surface area contributed by atoms with Crippen LogP contribution in [0.4, 0.5) is 0 Å². The Labute approximate surface area is 135 Å². The van der Waals surface area contributed by atoms with Crippen LogP contribution in [0.15, 0.2) is 24.3 Å². The monoisotopic (exact) mass is 340 g/mol. The van der Waals surface area contributed by atoms with Crippen LogP contribution in [-0.2, 0) is 21.2 Å². The van der Waals surface area contributed by atoms with Crippen molar-refractivity contribution in [2.75, 3.05) is 25.9 Å². The Morgan fingerprint density at radius 1 is 1.39 bits per heavy atom. The first-order chi connectivity index (χ1) is 10.8. The molecule has 0 unspecified atom stereocenters. The number of carbonyl (C=O) groups excluding carboxylic acids is 1. The van der Waals surface area contributed by atoms with Gasteiger partial charge in [0, 0.05) is 19.6 Å². The second-order valence-corrected chi connectivity index (χ2v) is 7.74. The zero-order valence-corrected chi connectivity index (χ0v) is 13.7. The highest BCUT2D eigenvalue weighted by Gasteiger charge is 2.28. The molecule has 126 valence electrons. The first-order valence-electron chi connectivity index (χ1n) is 7.30. The van der Waals surface area contributed by atoms with Gasteiger partial charge in [-0.3, -0.25) is 4.79 Å². The molecule has 0 aromatic heterocycles. The average Bonchev–Trinajstić information content (AvgIpc) is 2.94. The van der Waals surface area contributed by atoms with Crippen LogP contribution in [0.1, 0.15) is 22.3 Å². The molecule has 2 N–H and O–H groups in total. The number of aromatic carboxylic acids is 1. The highest BCUT2D eigenvalue weighted by molar-refractivity contribution is 7.88. The van der Waals surface area contributed by atoms with Crippen molar-refractivity contribution in [1.29, 1.82) is 0 Å². The minimum absolute atomic E-state index is 0.101. The second-order valence-electron chi connectivity index (χ2n) is 5.76. The Hall–Kier alpha value is -1.93. The van der Waals surface area contributed by atoms with Crippen molar-refractivity contribution in [3.63, 3.8) is 0 Å². The molecule has 0 spiro atoms. The Morgan fingerprint density at radius 2 is 2.13 bits per heavy atom. The normalized spacial score (nSPS) is 18.7. The van der Waals surface area contributed by atoms with Crippen molar-refractivity contribution in [3.05, 3.63) is 35.4 Å². The van der Waals surface area contributed by atoms with Crippen molar-refractivity contribution >= 4 is 21.9 Å². The lowest BCUT2D eigenvalue weighted by molar-refractivity contribution is -0.120. The van der Waals surface area contributed by atoms with E-state index < -0.39 is 16.0 Å². The number of hydrogen-bond acceptors (Lipinski definition) is 4. The summed E-state index contributed by atoms with van der Waals surface area (Å²) in [5.41, 5.74) is 0.779. The van der Waals surface area contributed by atoms with Crippen LogP contribution in [0, 0.1) is 5.92 Å². The summed E-state index contributed by atoms with van der Waals surface area (Å²) >= 11 is 0. The molecule has 2 rings (SSSR count). The summed E-state index contributed by atoms with van der Waals surface area (Å²) in [4.78, 5) is 22.8. The second kappa shape index (κ2) is 7.10. The maximum Gasteiger partial charge on any atom is 0.335 e. The van der Waals surface area contributed by atoms with E-state index in [0.29, 0.717) is 25.2 Å². The number of benzene rings is 1. The van der Waals surface area contributed by atoms with Crippen molar-refractivity contribution in [2.24, 2.45) is 5.92 Å². The number of hydrogen-bond donors (Lipinski definition) is 2. The lowest BCUT2D eigenvalue weighted by Crippen LogP contribution is -2.33. The minimum atomic E-state index is -3.17. The summed E-state index contributed by atoms with van der Waals surface area (Å²) in [7, 11) is -3.17. The highest BCUT2D eigenvalue weighted by atomic mass is 32.2. The molecule has 1 fully saturated rings. The third kappa shape index (κ3) is 5.04. The maximum absolute atomic E-state index is 11.9. The van der Waals surface area contributed by atoms with Gasteiger partial charge in [0.25, 0.3) is 0 Å². The van der Waals surface area contributed by atoms with Gasteiger partial charge in [-0.15, -0.1) is 0 Å². The van der Waals surface area contributed by atoms with E-state index in [2.05, 4.69) is 5.32 Å². The number of nitrogens with zero attached hydrogens (tertiary/aromatic N) is 1. The van der Waals surface area contributed by atoms with E-state index in [1.807, 2.05) is 0 Å². The van der Waals surface area contributed by atoms with E-state index in [-0.39, 0.29) is 23.8 Å². The number of carboxylic acid groups (broad SMARTS) is 1.